The molecule has 0 radical (unpaired) electrons. The van der Waals surface area contributed by atoms with E-state index in [0.717, 1.165) is 18.3 Å². The first-order chi connectivity index (χ1) is 15.3. The molecule has 168 valence electrons. The molecular weight excluding hydrogens is 443 g/mol. The molecule has 0 spiro atoms. The van der Waals surface area contributed by atoms with Gasteiger partial charge >= 0.3 is 0 Å². The molecule has 0 bridgehead atoms. The number of hydrogen-bond acceptors (Lipinski definition) is 6. The lowest BCUT2D eigenvalue weighted by Gasteiger charge is -2.20. The molecule has 3 rings (SSSR count). The van der Waals surface area contributed by atoms with Crippen molar-refractivity contribution in [1.82, 2.24) is 9.97 Å². The summed E-state index contributed by atoms with van der Waals surface area (Å²) in [7, 11) is -1.59. The van der Waals surface area contributed by atoms with Crippen molar-refractivity contribution in [1.29, 1.82) is 5.26 Å². The van der Waals surface area contributed by atoms with E-state index in [1.165, 1.54) is 25.3 Å². The van der Waals surface area contributed by atoms with E-state index in [1.54, 1.807) is 19.2 Å². The van der Waals surface area contributed by atoms with Crippen molar-refractivity contribution in [3.05, 3.63) is 65.6 Å². The number of nitriles is 1. The molecule has 0 unspecified atom stereocenters. The molecule has 3 aromatic rings. The number of nitrogens with zero attached hydrogens (tertiary/aromatic N) is 4. The van der Waals surface area contributed by atoms with Crippen LogP contribution in [0.15, 0.2) is 47.0 Å². The number of nitrogens with one attached hydrogen (secondary N) is 1. The minimum absolute atomic E-state index is 0.0196. The molecule has 0 atom stereocenters. The number of benzene rings is 2. The van der Waals surface area contributed by atoms with E-state index >= 15 is 0 Å². The van der Waals surface area contributed by atoms with Gasteiger partial charge in [0, 0.05) is 28.8 Å². The van der Waals surface area contributed by atoms with Gasteiger partial charge in [-0.1, -0.05) is 17.0 Å². The van der Waals surface area contributed by atoms with Gasteiger partial charge in [0.05, 0.1) is 13.3 Å². The van der Waals surface area contributed by atoms with Crippen LogP contribution in [0, 0.1) is 28.9 Å². The number of anilines is 2. The summed E-state index contributed by atoms with van der Waals surface area (Å²) in [5.74, 6) is -1.56. The van der Waals surface area contributed by atoms with Crippen molar-refractivity contribution < 1.29 is 22.5 Å². The van der Waals surface area contributed by atoms with Gasteiger partial charge < -0.3 is 14.6 Å². The third-order valence-electron chi connectivity index (χ3n) is 4.55. The van der Waals surface area contributed by atoms with Crippen LogP contribution in [-0.2, 0) is 15.9 Å². The first-order valence-corrected chi connectivity index (χ1v) is 11.5. The Balaban J connectivity index is 1.95. The fraction of sp³-hybridized carbons (Fsp3) is 0.190. The summed E-state index contributed by atoms with van der Waals surface area (Å²) in [6, 6.07) is 7.56. The van der Waals surface area contributed by atoms with Crippen LogP contribution in [0.4, 0.5) is 24.8 Å². The first-order valence-electron chi connectivity index (χ1n) is 9.41. The van der Waals surface area contributed by atoms with Crippen LogP contribution in [-0.4, -0.2) is 27.4 Å². The predicted octanol–water partition coefficient (Wildman–Crippen LogP) is 4.86. The van der Waals surface area contributed by atoms with Gasteiger partial charge in [-0.05, 0) is 35.9 Å². The Morgan fingerprint density at radius 3 is 2.66 bits per heavy atom. The van der Waals surface area contributed by atoms with Crippen molar-refractivity contribution in [2.75, 3.05) is 18.2 Å². The van der Waals surface area contributed by atoms with Crippen LogP contribution < -0.4 is 10.1 Å². The Labute approximate surface area is 183 Å². The van der Waals surface area contributed by atoms with Crippen LogP contribution in [0.3, 0.4) is 0 Å². The summed E-state index contributed by atoms with van der Waals surface area (Å²) in [5, 5.41) is 11.6. The third kappa shape index (κ3) is 5.40. The molecule has 0 saturated heterocycles. The lowest BCUT2D eigenvalue weighted by Crippen LogP contribution is -2.16. The summed E-state index contributed by atoms with van der Waals surface area (Å²) in [6.07, 6.45) is 2.55. The highest BCUT2D eigenvalue weighted by Crippen LogP contribution is 2.32. The van der Waals surface area contributed by atoms with Gasteiger partial charge in [-0.2, -0.15) is 5.26 Å². The molecule has 0 saturated carbocycles. The summed E-state index contributed by atoms with van der Waals surface area (Å²) in [4.78, 5) is 8.00. The maximum Gasteiger partial charge on any atom is 0.227 e. The number of hydrogen-bond donors (Lipinski definition) is 3. The zero-order valence-corrected chi connectivity index (χ0v) is 18.1. The van der Waals surface area contributed by atoms with E-state index in [0.29, 0.717) is 5.56 Å². The zero-order valence-electron chi connectivity index (χ0n) is 17.2. The molecule has 0 aliphatic rings. The topological polar surface area (TPSA) is 103 Å². The molecule has 32 heavy (non-hydrogen) atoms. The molecule has 7 nitrogen and oxygen atoms in total. The largest absolute Gasteiger partial charge is 0.496 e. The second kappa shape index (κ2) is 9.76. The first kappa shape index (κ1) is 23.2. The van der Waals surface area contributed by atoms with Crippen LogP contribution in [0.5, 0.6) is 5.75 Å². The average Bonchev–Trinajstić information content (AvgIpc) is 2.75. The van der Waals surface area contributed by atoms with Gasteiger partial charge in [0.15, 0.2) is 5.82 Å². The highest BCUT2D eigenvalue weighted by molar-refractivity contribution is 7.99. The number of thiol groups is 1. The van der Waals surface area contributed by atoms with Crippen molar-refractivity contribution in [2.24, 2.45) is 4.36 Å². The summed E-state index contributed by atoms with van der Waals surface area (Å²) in [5.41, 5.74) is 0.762. The Bertz CT molecular complexity index is 1250. The predicted molar refractivity (Wildman–Crippen MR) is 117 cm³/mol. The molecular formula is C21H20F3N5O2S. The maximum atomic E-state index is 14.4. The average molecular weight is 463 g/mol. The smallest absolute Gasteiger partial charge is 0.227 e. The van der Waals surface area contributed by atoms with E-state index in [1.807, 2.05) is 0 Å². The second-order valence-corrected chi connectivity index (χ2v) is 9.67. The highest BCUT2D eigenvalue weighted by Gasteiger charge is 2.16. The van der Waals surface area contributed by atoms with Gasteiger partial charge in [-0.25, -0.2) is 23.1 Å². The van der Waals surface area contributed by atoms with Crippen molar-refractivity contribution in [3.63, 3.8) is 0 Å². The van der Waals surface area contributed by atoms with Crippen LogP contribution in [0.25, 0.3) is 11.3 Å². The van der Waals surface area contributed by atoms with Crippen LogP contribution >= 0.6 is 0 Å². The Morgan fingerprint density at radius 1 is 1.19 bits per heavy atom. The van der Waals surface area contributed by atoms with Gasteiger partial charge in [0.1, 0.15) is 23.1 Å². The van der Waals surface area contributed by atoms with Gasteiger partial charge in [0.25, 0.3) is 0 Å². The quantitative estimate of drug-likeness (QED) is 0.342. The van der Waals surface area contributed by atoms with Crippen molar-refractivity contribution in [3.8, 4) is 23.2 Å². The lowest BCUT2D eigenvalue weighted by atomic mass is 10.1. The number of halogens is 3. The fourth-order valence-corrected chi connectivity index (χ4v) is 4.38. The molecule has 2 aromatic carbocycles. The monoisotopic (exact) mass is 463 g/mol. The van der Waals surface area contributed by atoms with E-state index in [-0.39, 0.29) is 40.1 Å². The number of ether oxygens (including phenoxy) is 1. The number of methoxy groups -OCH3 is 1. The van der Waals surface area contributed by atoms with Crippen molar-refractivity contribution >= 4 is 21.7 Å². The summed E-state index contributed by atoms with van der Waals surface area (Å²) < 4.78 is 61.3. The van der Waals surface area contributed by atoms with Gasteiger partial charge in [0.2, 0.25) is 12.1 Å². The highest BCUT2D eigenvalue weighted by atomic mass is 32.3. The number of aromatic nitrogens is 2. The maximum absolute atomic E-state index is 14.4. The molecule has 0 amide bonds. The third-order valence-corrected chi connectivity index (χ3v) is 6.90. The minimum Gasteiger partial charge on any atom is -0.496 e. The molecule has 0 aliphatic heterocycles. The van der Waals surface area contributed by atoms with E-state index < -0.39 is 27.6 Å². The zero-order chi connectivity index (χ0) is 23.3. The van der Waals surface area contributed by atoms with Gasteiger partial charge in [-0.3, -0.25) is 0 Å². The molecule has 2 N–H and O–H groups in total. The van der Waals surface area contributed by atoms with Crippen molar-refractivity contribution in [2.45, 2.75) is 12.7 Å². The molecule has 11 heteroatoms. The van der Waals surface area contributed by atoms with Crippen LogP contribution in [0.2, 0.25) is 0 Å². The van der Waals surface area contributed by atoms with E-state index in [4.69, 9.17) is 10.00 Å². The Morgan fingerprint density at radius 2 is 1.97 bits per heavy atom. The molecule has 0 fully saturated rings. The van der Waals surface area contributed by atoms with Gasteiger partial charge in [-0.15, -0.1) is 4.36 Å². The Hall–Kier alpha value is -3.49. The summed E-state index contributed by atoms with van der Waals surface area (Å²) in [6.45, 7) is 1.70. The molecule has 1 aromatic heterocycles. The normalized spacial score (nSPS) is 11.5. The van der Waals surface area contributed by atoms with E-state index in [2.05, 4.69) is 19.6 Å². The lowest BCUT2D eigenvalue weighted by molar-refractivity contribution is 0.412. The fourth-order valence-electron chi connectivity index (χ4n) is 3.01. The second-order valence-electron chi connectivity index (χ2n) is 6.76. The van der Waals surface area contributed by atoms with E-state index in [9.17, 15) is 17.7 Å². The molecule has 1 heterocycles. The SMILES string of the molecule is CC[SH](O)(Cc1cc(F)cc(Nc2ncc(F)c(-c3ccc(F)cc3OC)n2)c1)=NC#N. The summed E-state index contributed by atoms with van der Waals surface area (Å²) >= 11 is 0. The number of rotatable bonds is 7. The molecule has 0 aliphatic carbocycles. The minimum atomic E-state index is -2.92. The Kier molecular flexibility index (Phi) is 7.07. The van der Waals surface area contributed by atoms with Crippen LogP contribution in [0.1, 0.15) is 12.5 Å². The standard InChI is InChI=1S/C21H20F3N5O2S/c1-3-32(30,27-12-25)11-13-6-15(23)8-16(7-13)28-21-26-10-18(24)20(29-21)17-5-4-14(22)9-19(17)31-2/h4-10,32H,3,11H2,1-2H3,(H,27,30)(H,26,28,29).